The van der Waals surface area contributed by atoms with Gasteiger partial charge in [0, 0.05) is 25.7 Å². The lowest BCUT2D eigenvalue weighted by atomic mass is 10.1. The number of halogens is 2. The Hall–Kier alpha value is -2.18. The first-order chi connectivity index (χ1) is 10.4. The van der Waals surface area contributed by atoms with Crippen LogP contribution in [0.3, 0.4) is 0 Å². The second kappa shape index (κ2) is 5.23. The highest BCUT2D eigenvalue weighted by atomic mass is 19.1. The number of carbonyl (C=O) groups is 2. The molecular weight excluding hydrogens is 292 g/mol. The van der Waals surface area contributed by atoms with Crippen LogP contribution in [-0.2, 0) is 11.3 Å². The van der Waals surface area contributed by atoms with E-state index < -0.39 is 17.7 Å². The minimum absolute atomic E-state index is 0.0000510. The van der Waals surface area contributed by atoms with Crippen molar-refractivity contribution in [1.82, 2.24) is 14.7 Å². The number of hydrogen-bond acceptors (Lipinski definition) is 2. The van der Waals surface area contributed by atoms with Gasteiger partial charge < -0.3 is 14.7 Å². The molecule has 0 aliphatic carbocycles. The molecule has 22 heavy (non-hydrogen) atoms. The summed E-state index contributed by atoms with van der Waals surface area (Å²) in [4.78, 5) is 29.1. The maximum Gasteiger partial charge on any atom is 0.321 e. The average molecular weight is 309 g/mol. The Labute approximate surface area is 127 Å². The number of rotatable bonds is 2. The highest BCUT2D eigenvalue weighted by Gasteiger charge is 2.46. The smallest absolute Gasteiger partial charge is 0.321 e. The maximum absolute atomic E-state index is 13.7. The summed E-state index contributed by atoms with van der Waals surface area (Å²) in [6, 6.07) is 2.26. The Morgan fingerprint density at radius 3 is 2.68 bits per heavy atom. The first-order valence-electron chi connectivity index (χ1n) is 7.14. The number of urea groups is 1. The number of piperazine rings is 1. The molecule has 0 unspecified atom stereocenters. The fourth-order valence-electron chi connectivity index (χ4n) is 3.21. The minimum Gasteiger partial charge on any atom is -0.342 e. The van der Waals surface area contributed by atoms with Crippen molar-refractivity contribution >= 4 is 11.9 Å². The topological polar surface area (TPSA) is 43.9 Å². The van der Waals surface area contributed by atoms with Gasteiger partial charge in [0.2, 0.25) is 5.91 Å². The molecule has 2 aliphatic heterocycles. The number of nitrogens with zero attached hydrogens (tertiary/aromatic N) is 3. The molecule has 0 radical (unpaired) electrons. The van der Waals surface area contributed by atoms with Crippen LogP contribution in [0.2, 0.25) is 0 Å². The van der Waals surface area contributed by atoms with Crippen molar-refractivity contribution in [3.05, 3.63) is 35.4 Å². The van der Waals surface area contributed by atoms with Crippen LogP contribution < -0.4 is 0 Å². The summed E-state index contributed by atoms with van der Waals surface area (Å²) >= 11 is 0. The molecule has 2 heterocycles. The Morgan fingerprint density at radius 1 is 1.23 bits per heavy atom. The second-order valence-electron chi connectivity index (χ2n) is 5.85. The van der Waals surface area contributed by atoms with Gasteiger partial charge in [0.1, 0.15) is 17.7 Å². The predicted molar refractivity (Wildman–Crippen MR) is 74.9 cm³/mol. The fourth-order valence-corrected chi connectivity index (χ4v) is 3.21. The Bertz CT molecular complexity index is 637. The van der Waals surface area contributed by atoms with Crippen molar-refractivity contribution in [3.63, 3.8) is 0 Å². The number of fused-ring (bicyclic) bond motifs is 1. The zero-order valence-electron chi connectivity index (χ0n) is 12.4. The van der Waals surface area contributed by atoms with Crippen molar-refractivity contribution < 1.29 is 18.4 Å². The van der Waals surface area contributed by atoms with Gasteiger partial charge in [0.05, 0.1) is 12.6 Å². The molecule has 0 saturated carbocycles. The Morgan fingerprint density at radius 2 is 1.95 bits per heavy atom. The van der Waals surface area contributed by atoms with Crippen LogP contribution in [-0.4, -0.2) is 58.9 Å². The quantitative estimate of drug-likeness (QED) is 0.829. The van der Waals surface area contributed by atoms with Crippen molar-refractivity contribution in [3.8, 4) is 0 Å². The van der Waals surface area contributed by atoms with Crippen LogP contribution in [0.5, 0.6) is 0 Å². The number of carbonyl (C=O) groups excluding carboxylic acids is 2. The van der Waals surface area contributed by atoms with Crippen LogP contribution in [0.4, 0.5) is 13.6 Å². The van der Waals surface area contributed by atoms with Crippen LogP contribution in [0.1, 0.15) is 12.5 Å². The molecule has 2 saturated heterocycles. The third-order valence-electron chi connectivity index (χ3n) is 4.32. The molecule has 2 atom stereocenters. The van der Waals surface area contributed by atoms with E-state index in [0.717, 1.165) is 18.2 Å². The molecule has 1 aromatic carbocycles. The lowest BCUT2D eigenvalue weighted by molar-refractivity contribution is -0.139. The molecule has 3 rings (SSSR count). The summed E-state index contributed by atoms with van der Waals surface area (Å²) in [5.74, 6) is -1.19. The van der Waals surface area contributed by atoms with Gasteiger partial charge in [-0.25, -0.2) is 13.6 Å². The van der Waals surface area contributed by atoms with Gasteiger partial charge >= 0.3 is 6.03 Å². The van der Waals surface area contributed by atoms with E-state index in [1.807, 2.05) is 0 Å². The SMILES string of the molecule is C[C@H]1C(=O)N(C)C[C@H]2CN(Cc3cc(F)ccc3F)C(=O)N21. The molecule has 3 amide bonds. The summed E-state index contributed by atoms with van der Waals surface area (Å²) in [6.45, 7) is 2.54. The second-order valence-corrected chi connectivity index (χ2v) is 5.85. The van der Waals surface area contributed by atoms with Crippen LogP contribution >= 0.6 is 0 Å². The van der Waals surface area contributed by atoms with E-state index in [0.29, 0.717) is 13.1 Å². The van der Waals surface area contributed by atoms with Crippen molar-refractivity contribution in [2.45, 2.75) is 25.6 Å². The molecule has 1 aromatic rings. The minimum atomic E-state index is -0.541. The molecule has 2 aliphatic rings. The summed E-state index contributed by atoms with van der Waals surface area (Å²) in [6.07, 6.45) is 0. The van der Waals surface area contributed by atoms with Gasteiger partial charge in [-0.05, 0) is 25.1 Å². The summed E-state index contributed by atoms with van der Waals surface area (Å²) in [5.41, 5.74) is 0.139. The van der Waals surface area contributed by atoms with Gasteiger partial charge in [-0.1, -0.05) is 0 Å². The summed E-state index contributed by atoms with van der Waals surface area (Å²) < 4.78 is 27.0. The van der Waals surface area contributed by atoms with Gasteiger partial charge in [0.15, 0.2) is 0 Å². The van der Waals surface area contributed by atoms with E-state index in [4.69, 9.17) is 0 Å². The van der Waals surface area contributed by atoms with E-state index in [-0.39, 0.29) is 30.1 Å². The zero-order valence-corrected chi connectivity index (χ0v) is 12.4. The van der Waals surface area contributed by atoms with Crippen LogP contribution in [0.25, 0.3) is 0 Å². The normalized spacial score (nSPS) is 25.0. The van der Waals surface area contributed by atoms with E-state index in [9.17, 15) is 18.4 Å². The molecule has 7 heteroatoms. The average Bonchev–Trinajstić information content (AvgIpc) is 2.77. The first-order valence-corrected chi connectivity index (χ1v) is 7.14. The van der Waals surface area contributed by atoms with Gasteiger partial charge in [-0.2, -0.15) is 0 Å². The molecule has 2 fully saturated rings. The molecule has 0 aromatic heterocycles. The molecular formula is C15H17F2N3O2. The number of amides is 3. The van der Waals surface area contributed by atoms with E-state index in [2.05, 4.69) is 0 Å². The lowest BCUT2D eigenvalue weighted by Gasteiger charge is -2.38. The van der Waals surface area contributed by atoms with Gasteiger partial charge in [-0.15, -0.1) is 0 Å². The highest BCUT2D eigenvalue weighted by molar-refractivity contribution is 5.89. The fraction of sp³-hybridized carbons (Fsp3) is 0.467. The molecule has 0 bridgehead atoms. The number of likely N-dealkylation sites (N-methyl/N-ethyl adjacent to an activating group) is 1. The van der Waals surface area contributed by atoms with E-state index in [1.165, 1.54) is 4.90 Å². The van der Waals surface area contributed by atoms with Gasteiger partial charge in [-0.3, -0.25) is 4.79 Å². The first kappa shape index (κ1) is 14.7. The maximum atomic E-state index is 13.7. The summed E-state index contributed by atoms with van der Waals surface area (Å²) in [5, 5.41) is 0. The third kappa shape index (κ3) is 2.30. The standard InChI is InChI=1S/C15H17F2N3O2/c1-9-14(21)18(2)7-12-8-19(15(22)20(9)12)6-10-5-11(16)3-4-13(10)17/h3-5,9,12H,6-8H2,1-2H3/t9-,12-/m0/s1. The third-order valence-corrected chi connectivity index (χ3v) is 4.32. The molecule has 5 nitrogen and oxygen atoms in total. The zero-order chi connectivity index (χ0) is 16.0. The van der Waals surface area contributed by atoms with E-state index in [1.54, 1.807) is 23.8 Å². The van der Waals surface area contributed by atoms with Gasteiger partial charge in [0.25, 0.3) is 0 Å². The van der Waals surface area contributed by atoms with Crippen molar-refractivity contribution in [2.24, 2.45) is 0 Å². The number of hydrogen-bond donors (Lipinski definition) is 0. The lowest BCUT2D eigenvalue weighted by Crippen LogP contribution is -2.58. The summed E-state index contributed by atoms with van der Waals surface area (Å²) in [7, 11) is 1.70. The van der Waals surface area contributed by atoms with Crippen molar-refractivity contribution in [2.75, 3.05) is 20.1 Å². The predicted octanol–water partition coefficient (Wildman–Crippen LogP) is 1.43. The molecule has 118 valence electrons. The highest BCUT2D eigenvalue weighted by Crippen LogP contribution is 2.26. The molecule has 0 spiro atoms. The Balaban J connectivity index is 1.81. The van der Waals surface area contributed by atoms with Crippen LogP contribution in [0, 0.1) is 11.6 Å². The Kier molecular flexibility index (Phi) is 3.50. The number of benzene rings is 1. The largest absolute Gasteiger partial charge is 0.342 e. The van der Waals surface area contributed by atoms with Crippen molar-refractivity contribution in [1.29, 1.82) is 0 Å². The van der Waals surface area contributed by atoms with Crippen LogP contribution in [0.15, 0.2) is 18.2 Å². The monoisotopic (exact) mass is 309 g/mol. The molecule has 0 N–H and O–H groups in total. The van der Waals surface area contributed by atoms with E-state index >= 15 is 0 Å².